The Morgan fingerprint density at radius 2 is 1.26 bits per heavy atom. The summed E-state index contributed by atoms with van der Waals surface area (Å²) in [6.45, 7) is 24.4. The Morgan fingerprint density at radius 3 is 1.64 bits per heavy atom. The average molecular weight is 597 g/mol. The first-order valence-corrected chi connectivity index (χ1v) is 23.7. The molecule has 0 radical (unpaired) electrons. The summed E-state index contributed by atoms with van der Waals surface area (Å²) in [6.07, 6.45) is 5.41. The number of benzene rings is 1. The van der Waals surface area contributed by atoms with E-state index in [2.05, 4.69) is 123 Å². The molecule has 3 aromatic rings. The van der Waals surface area contributed by atoms with Crippen molar-refractivity contribution < 1.29 is 4.79 Å². The number of H-pyrrole nitrogens is 2. The van der Waals surface area contributed by atoms with Crippen molar-refractivity contribution in [2.24, 2.45) is 0 Å². The largest absolute Gasteiger partial charge is 0.364 e. The minimum Gasteiger partial charge on any atom is -0.364 e. The number of aromatic nitrogens is 2. The van der Waals surface area contributed by atoms with Gasteiger partial charge in [0.1, 0.15) is 5.78 Å². The van der Waals surface area contributed by atoms with Gasteiger partial charge < -0.3 is 9.97 Å². The molecule has 3 heterocycles. The van der Waals surface area contributed by atoms with Gasteiger partial charge in [0.2, 0.25) is 0 Å². The van der Waals surface area contributed by atoms with Crippen LogP contribution in [0.1, 0.15) is 68.6 Å². The minimum absolute atomic E-state index is 0.0727. The van der Waals surface area contributed by atoms with Gasteiger partial charge in [-0.1, -0.05) is 87.0 Å². The molecule has 1 aromatic carbocycles. The molecule has 1 aliphatic rings. The molecule has 39 heavy (non-hydrogen) atoms. The summed E-state index contributed by atoms with van der Waals surface area (Å²) < 4.78 is 0. The highest BCUT2D eigenvalue weighted by Gasteiger charge is 2.50. The quantitative estimate of drug-likeness (QED) is 0.199. The molecule has 2 N–H and O–H groups in total. The van der Waals surface area contributed by atoms with E-state index >= 15 is 0 Å². The maximum Gasteiger partial charge on any atom is 0.134 e. The smallest absolute Gasteiger partial charge is 0.134 e. The molecule has 4 rings (SSSR count). The van der Waals surface area contributed by atoms with Crippen molar-refractivity contribution in [1.29, 1.82) is 0 Å². The fourth-order valence-electron chi connectivity index (χ4n) is 6.89. The molecule has 212 valence electrons. The average Bonchev–Trinajstić information content (AvgIpc) is 3.45. The second kappa shape index (κ2) is 10.5. The van der Waals surface area contributed by atoms with Gasteiger partial charge in [-0.2, -0.15) is 0 Å². The Balaban J connectivity index is 2.12. The number of hydrogen-bond acceptors (Lipinski definition) is 1. The molecule has 0 bridgehead atoms. The van der Waals surface area contributed by atoms with Gasteiger partial charge in [-0.3, -0.25) is 4.79 Å². The Hall–Kier alpha value is -1.26. The molecule has 7 heteroatoms. The fourth-order valence-corrected chi connectivity index (χ4v) is 14.9. The number of rotatable bonds is 8. The van der Waals surface area contributed by atoms with Crippen molar-refractivity contribution in [3.05, 3.63) is 76.9 Å². The fraction of sp³-hybridized carbons (Fsp3) is 0.531. The summed E-state index contributed by atoms with van der Waals surface area (Å²) in [5, 5.41) is 0.900. The predicted molar refractivity (Wildman–Crippen MR) is 181 cm³/mol. The second-order valence-corrected chi connectivity index (χ2v) is 30.8. The Bertz CT molecular complexity index is 1260. The van der Waals surface area contributed by atoms with E-state index in [1.54, 1.807) is 11.1 Å². The van der Waals surface area contributed by atoms with Crippen molar-refractivity contribution in [1.82, 2.24) is 9.97 Å². The van der Waals surface area contributed by atoms with Crippen molar-refractivity contribution in [3.8, 4) is 0 Å². The highest BCUT2D eigenvalue weighted by molar-refractivity contribution is 7.69. The number of hydrogen-bond donors (Lipinski definition) is 2. The first-order chi connectivity index (χ1) is 17.8. The van der Waals surface area contributed by atoms with Crippen LogP contribution in [0.5, 0.6) is 0 Å². The number of nitrogens with one attached hydrogen (secondary N) is 2. The van der Waals surface area contributed by atoms with E-state index < -0.39 is 29.2 Å². The molecule has 2 aromatic heterocycles. The Morgan fingerprint density at radius 1 is 0.821 bits per heavy atom. The van der Waals surface area contributed by atoms with Crippen molar-refractivity contribution >= 4 is 44.4 Å². The van der Waals surface area contributed by atoms with Crippen LogP contribution in [0.2, 0.25) is 39.3 Å². The monoisotopic (exact) mass is 596 g/mol. The lowest BCUT2D eigenvalue weighted by molar-refractivity contribution is -0.120. The first-order valence-electron chi connectivity index (χ1n) is 14.4. The van der Waals surface area contributed by atoms with Crippen LogP contribution in [0.15, 0.2) is 48.8 Å². The molecular formula is C32H50N2OP2Si2. The van der Waals surface area contributed by atoms with E-state index in [9.17, 15) is 4.79 Å². The zero-order valence-electron chi connectivity index (χ0n) is 25.9. The van der Waals surface area contributed by atoms with Gasteiger partial charge in [-0.05, 0) is 68.7 Å². The molecule has 0 saturated carbocycles. The molecule has 1 aliphatic heterocycles. The van der Waals surface area contributed by atoms with Crippen LogP contribution < -0.4 is 5.30 Å². The third-order valence-electron chi connectivity index (χ3n) is 7.94. The highest BCUT2D eigenvalue weighted by Crippen LogP contribution is 2.65. The van der Waals surface area contributed by atoms with Gasteiger partial charge in [0.25, 0.3) is 0 Å². The van der Waals surface area contributed by atoms with Crippen LogP contribution in [0.25, 0.3) is 0 Å². The van der Waals surface area contributed by atoms with Crippen LogP contribution in [0.4, 0.5) is 0 Å². The Kier molecular flexibility index (Phi) is 8.29. The summed E-state index contributed by atoms with van der Waals surface area (Å²) in [4.78, 5) is 20.2. The zero-order valence-corrected chi connectivity index (χ0v) is 29.9. The van der Waals surface area contributed by atoms with E-state index in [-0.39, 0.29) is 10.3 Å². The van der Waals surface area contributed by atoms with E-state index in [1.165, 1.54) is 34.3 Å². The highest BCUT2D eigenvalue weighted by atomic mass is 31.1. The normalized spacial score (nSPS) is 18.5. The number of carbonyl (C=O) groups excluding carboxylic acids is 1. The van der Waals surface area contributed by atoms with Gasteiger partial charge in [0, 0.05) is 52.8 Å². The molecule has 0 amide bonds. The van der Waals surface area contributed by atoms with E-state index in [0.717, 1.165) is 0 Å². The molecule has 1 saturated heterocycles. The maximum atomic E-state index is 13.0. The van der Waals surface area contributed by atoms with Gasteiger partial charge in [0.05, 0.1) is 5.16 Å². The van der Waals surface area contributed by atoms with E-state index in [1.807, 2.05) is 12.4 Å². The summed E-state index contributed by atoms with van der Waals surface area (Å²) in [6, 6.07) is 16.3. The van der Waals surface area contributed by atoms with Gasteiger partial charge in [0.15, 0.2) is 0 Å². The number of aromatic amines is 2. The van der Waals surface area contributed by atoms with E-state index in [4.69, 9.17) is 0 Å². The molecule has 1 unspecified atom stereocenters. The third-order valence-corrected chi connectivity index (χ3v) is 15.3. The molecule has 3 nitrogen and oxygen atoms in total. The van der Waals surface area contributed by atoms with Gasteiger partial charge >= 0.3 is 0 Å². The Labute approximate surface area is 242 Å². The molecule has 0 spiro atoms. The third kappa shape index (κ3) is 6.48. The maximum absolute atomic E-state index is 13.0. The minimum atomic E-state index is -1.39. The lowest BCUT2D eigenvalue weighted by Gasteiger charge is -2.51. The second-order valence-electron chi connectivity index (χ2n) is 15.4. The van der Waals surface area contributed by atoms with Crippen molar-refractivity contribution in [2.45, 2.75) is 107 Å². The number of Topliss-reactive ketones (excluding diaryl/α,β-unsaturated/α-hetero) is 1. The molecule has 1 atom stereocenters. The van der Waals surface area contributed by atoms with Crippen LogP contribution >= 0.6 is 17.2 Å². The molecular weight excluding hydrogens is 546 g/mol. The lowest BCUT2D eigenvalue weighted by atomic mass is 9.89. The van der Waals surface area contributed by atoms with E-state index in [0.29, 0.717) is 18.6 Å². The topological polar surface area (TPSA) is 48.6 Å². The van der Waals surface area contributed by atoms with Crippen LogP contribution in [-0.2, 0) is 22.0 Å². The first kappa shape index (κ1) is 30.7. The standard InChI is InChI=1S/C32H50N2OP2Si2/c1-30(2)19-25(35)20-31(3,4)37(30)27-18-24(22-39(8,9)10)23(21-38(5,6)7)17-26(27)32(36,28-13-11-15-33-28)29-14-12-16-34-29/h11-18,33-34H,19-22,36H2,1-10H3. The summed E-state index contributed by atoms with van der Waals surface area (Å²) >= 11 is 0. The van der Waals surface area contributed by atoms with Crippen molar-refractivity contribution in [3.63, 3.8) is 0 Å². The zero-order chi connectivity index (χ0) is 29.0. The summed E-state index contributed by atoms with van der Waals surface area (Å²) in [5.41, 5.74) is 6.83. The van der Waals surface area contributed by atoms with Crippen LogP contribution in [0.3, 0.4) is 0 Å². The van der Waals surface area contributed by atoms with Gasteiger partial charge in [-0.15, -0.1) is 9.24 Å². The van der Waals surface area contributed by atoms with Crippen LogP contribution in [0, 0.1) is 0 Å². The summed E-state index contributed by atoms with van der Waals surface area (Å²) in [7, 11) is -0.148. The number of ketones is 1. The lowest BCUT2D eigenvalue weighted by Crippen LogP contribution is -2.45. The molecule has 1 fully saturated rings. The van der Waals surface area contributed by atoms with Crippen LogP contribution in [-0.4, -0.2) is 42.2 Å². The molecule has 0 aliphatic carbocycles. The summed E-state index contributed by atoms with van der Waals surface area (Å²) in [5.74, 6) is 0.411. The predicted octanol–water partition coefficient (Wildman–Crippen LogP) is 8.38. The van der Waals surface area contributed by atoms with Gasteiger partial charge in [-0.25, -0.2) is 0 Å². The SMILES string of the molecule is CC1(C)CC(=O)CC(C)(C)P1c1cc(C[Si](C)(C)C)c(C[Si](C)(C)C)cc1C(P)(c1ccc[nH]1)c1ccc[nH]1. The van der Waals surface area contributed by atoms with Crippen molar-refractivity contribution in [2.75, 3.05) is 0 Å². The number of carbonyl (C=O) groups is 1.